The van der Waals surface area contributed by atoms with E-state index in [9.17, 15) is 24.3 Å². The highest BCUT2D eigenvalue weighted by Crippen LogP contribution is 2.19. The molecular formula is C28H33ClO12. The lowest BCUT2D eigenvalue weighted by molar-refractivity contribution is 0.0580. The molecule has 0 saturated carbocycles. The molecule has 224 valence electrons. The number of benzene rings is 2. The van der Waals surface area contributed by atoms with Crippen molar-refractivity contribution in [3.05, 3.63) is 84.3 Å². The number of phenolic OH excluding ortho intramolecular Hbond substituents is 1. The van der Waals surface area contributed by atoms with Gasteiger partial charge >= 0.3 is 23.9 Å². The van der Waals surface area contributed by atoms with Gasteiger partial charge in [0.15, 0.2) is 0 Å². The number of ether oxygens (including phenoxy) is 7. The minimum Gasteiger partial charge on any atom is -0.508 e. The van der Waals surface area contributed by atoms with Crippen LogP contribution in [-0.4, -0.2) is 83.1 Å². The summed E-state index contributed by atoms with van der Waals surface area (Å²) in [4.78, 5) is 45.4. The van der Waals surface area contributed by atoms with E-state index in [1.165, 1.54) is 77.4 Å². The number of halogens is 1. The summed E-state index contributed by atoms with van der Waals surface area (Å²) in [5, 5.41) is 9.27. The van der Waals surface area contributed by atoms with E-state index >= 15 is 0 Å². The van der Waals surface area contributed by atoms with E-state index in [1.807, 2.05) is 0 Å². The van der Waals surface area contributed by atoms with Crippen LogP contribution in [-0.2, 0) is 28.4 Å². The standard InChI is InChI=1S/C14H16O6.C10H10O5.C4H7ClO/c1-4-19-5-6-20-12-8-10(13(15)17-2)7-11(9-12)14(16)18-3;1-14-9(12)6-3-7(10(13)15-2)5-8(11)4-6;1-2-6-4-3-5/h4,7-9H,1,5-6H2,2-3H3;3-5,11H,1-2H3;2H,1,3-4H2. The Morgan fingerprint density at radius 2 is 1.02 bits per heavy atom. The summed E-state index contributed by atoms with van der Waals surface area (Å²) in [6.45, 7) is 7.83. The molecule has 13 heteroatoms. The first-order valence-electron chi connectivity index (χ1n) is 11.6. The predicted molar refractivity (Wildman–Crippen MR) is 148 cm³/mol. The molecule has 41 heavy (non-hydrogen) atoms. The third-order valence-corrected chi connectivity index (χ3v) is 4.56. The Balaban J connectivity index is 0.000000669. The quantitative estimate of drug-likeness (QED) is 0.123. The van der Waals surface area contributed by atoms with Crippen LogP contribution in [0.4, 0.5) is 0 Å². The minimum atomic E-state index is -0.629. The summed E-state index contributed by atoms with van der Waals surface area (Å²) >= 11 is 5.21. The lowest BCUT2D eigenvalue weighted by Gasteiger charge is -2.09. The monoisotopic (exact) mass is 596 g/mol. The molecule has 0 fully saturated rings. The Morgan fingerprint density at radius 3 is 1.34 bits per heavy atom. The van der Waals surface area contributed by atoms with Crippen LogP contribution in [0.3, 0.4) is 0 Å². The second-order valence-electron chi connectivity index (χ2n) is 7.09. The third kappa shape index (κ3) is 14.3. The molecule has 0 aliphatic rings. The van der Waals surface area contributed by atoms with E-state index in [4.69, 9.17) is 21.1 Å². The lowest BCUT2D eigenvalue weighted by Crippen LogP contribution is -2.09. The predicted octanol–water partition coefficient (Wildman–Crippen LogP) is 4.15. The van der Waals surface area contributed by atoms with Gasteiger partial charge in [-0.15, -0.1) is 11.6 Å². The molecule has 0 aromatic heterocycles. The van der Waals surface area contributed by atoms with Crippen LogP contribution in [0.5, 0.6) is 11.5 Å². The largest absolute Gasteiger partial charge is 0.508 e. The van der Waals surface area contributed by atoms with E-state index in [-0.39, 0.29) is 34.6 Å². The van der Waals surface area contributed by atoms with Gasteiger partial charge in [0.2, 0.25) is 0 Å². The van der Waals surface area contributed by atoms with E-state index in [0.29, 0.717) is 24.8 Å². The molecule has 0 bridgehead atoms. The molecule has 0 aliphatic heterocycles. The van der Waals surface area contributed by atoms with Gasteiger partial charge in [0.1, 0.15) is 31.3 Å². The van der Waals surface area contributed by atoms with Crippen LogP contribution in [0.1, 0.15) is 41.4 Å². The van der Waals surface area contributed by atoms with Crippen molar-refractivity contribution in [2.24, 2.45) is 0 Å². The number of phenols is 1. The van der Waals surface area contributed by atoms with Gasteiger partial charge in [0.05, 0.1) is 69.1 Å². The molecule has 0 unspecified atom stereocenters. The third-order valence-electron chi connectivity index (χ3n) is 4.41. The SMILES string of the molecule is C=COCCCl.C=COCCOc1cc(C(=O)OC)cc(C(=O)OC)c1.COC(=O)c1cc(O)cc(C(=O)OC)c1. The molecule has 0 aliphatic carbocycles. The van der Waals surface area contributed by atoms with E-state index in [1.54, 1.807) is 0 Å². The molecule has 0 radical (unpaired) electrons. The average molecular weight is 597 g/mol. The van der Waals surface area contributed by atoms with Crippen LogP contribution in [0.2, 0.25) is 0 Å². The molecule has 0 spiro atoms. The van der Waals surface area contributed by atoms with Crippen LogP contribution in [0, 0.1) is 0 Å². The molecular weight excluding hydrogens is 564 g/mol. The zero-order valence-corrected chi connectivity index (χ0v) is 23.9. The fourth-order valence-corrected chi connectivity index (χ4v) is 2.74. The molecule has 0 heterocycles. The first-order chi connectivity index (χ1) is 19.6. The first-order valence-corrected chi connectivity index (χ1v) is 12.1. The molecule has 0 saturated heterocycles. The van der Waals surface area contributed by atoms with E-state index in [2.05, 4.69) is 36.8 Å². The Labute approximate surface area is 242 Å². The van der Waals surface area contributed by atoms with Gasteiger partial charge in [0.25, 0.3) is 0 Å². The number of alkyl halides is 1. The number of hydrogen-bond acceptors (Lipinski definition) is 12. The second kappa shape index (κ2) is 21.2. The van der Waals surface area contributed by atoms with Crippen molar-refractivity contribution in [3.8, 4) is 11.5 Å². The van der Waals surface area contributed by atoms with Gasteiger partial charge < -0.3 is 38.3 Å². The second-order valence-corrected chi connectivity index (χ2v) is 7.47. The fourth-order valence-electron chi connectivity index (χ4n) is 2.66. The summed E-state index contributed by atoms with van der Waals surface area (Å²) in [7, 11) is 4.94. The summed E-state index contributed by atoms with van der Waals surface area (Å²) in [6, 6.07) is 8.04. The maximum Gasteiger partial charge on any atom is 0.338 e. The number of esters is 4. The topological polar surface area (TPSA) is 153 Å². The number of rotatable bonds is 12. The first kappa shape index (κ1) is 36.3. The van der Waals surface area contributed by atoms with Crippen LogP contribution >= 0.6 is 11.6 Å². The van der Waals surface area contributed by atoms with Crippen molar-refractivity contribution in [1.29, 1.82) is 0 Å². The molecule has 0 amide bonds. The molecule has 2 aromatic rings. The van der Waals surface area contributed by atoms with Gasteiger partial charge in [-0.05, 0) is 36.4 Å². The highest BCUT2D eigenvalue weighted by atomic mass is 35.5. The van der Waals surface area contributed by atoms with Gasteiger partial charge in [-0.1, -0.05) is 13.2 Å². The van der Waals surface area contributed by atoms with Crippen LogP contribution < -0.4 is 4.74 Å². The van der Waals surface area contributed by atoms with Gasteiger partial charge in [0, 0.05) is 0 Å². The highest BCUT2D eigenvalue weighted by Gasteiger charge is 2.15. The van der Waals surface area contributed by atoms with Crippen molar-refractivity contribution >= 4 is 35.5 Å². The van der Waals surface area contributed by atoms with E-state index < -0.39 is 23.9 Å². The number of carbonyl (C=O) groups excluding carboxylic acids is 4. The average Bonchev–Trinajstić information content (AvgIpc) is 3.00. The van der Waals surface area contributed by atoms with Gasteiger partial charge in [-0.3, -0.25) is 0 Å². The van der Waals surface area contributed by atoms with Crippen molar-refractivity contribution in [2.45, 2.75) is 0 Å². The number of hydrogen-bond donors (Lipinski definition) is 1. The zero-order chi connectivity index (χ0) is 31.2. The molecule has 0 atom stereocenters. The summed E-state index contributed by atoms with van der Waals surface area (Å²) in [5.74, 6) is -1.70. The van der Waals surface area contributed by atoms with Crippen LogP contribution in [0.25, 0.3) is 0 Å². The maximum atomic E-state index is 11.5. The fraction of sp³-hybridized carbons (Fsp3) is 0.286. The molecule has 12 nitrogen and oxygen atoms in total. The van der Waals surface area contributed by atoms with Crippen molar-refractivity contribution < 1.29 is 57.4 Å². The molecule has 2 aromatic carbocycles. The summed E-state index contributed by atoms with van der Waals surface area (Å²) in [6.07, 6.45) is 2.68. The summed E-state index contributed by atoms with van der Waals surface area (Å²) in [5.41, 5.74) is 0.598. The van der Waals surface area contributed by atoms with Crippen molar-refractivity contribution in [3.63, 3.8) is 0 Å². The highest BCUT2D eigenvalue weighted by molar-refractivity contribution is 6.17. The Morgan fingerprint density at radius 1 is 0.659 bits per heavy atom. The number of aromatic hydroxyl groups is 1. The number of carbonyl (C=O) groups is 4. The minimum absolute atomic E-state index is 0.0953. The Hall–Kier alpha value is -4.71. The Bertz CT molecular complexity index is 1090. The molecule has 2 rings (SSSR count). The van der Waals surface area contributed by atoms with Crippen molar-refractivity contribution in [1.82, 2.24) is 0 Å². The van der Waals surface area contributed by atoms with Gasteiger partial charge in [-0.2, -0.15) is 0 Å². The molecule has 1 N–H and O–H groups in total. The van der Waals surface area contributed by atoms with Crippen LogP contribution in [0.15, 0.2) is 62.1 Å². The zero-order valence-electron chi connectivity index (χ0n) is 23.2. The number of methoxy groups -OCH3 is 4. The van der Waals surface area contributed by atoms with Gasteiger partial charge in [-0.25, -0.2) is 19.2 Å². The normalized spacial score (nSPS) is 9.20. The van der Waals surface area contributed by atoms with E-state index in [0.717, 1.165) is 0 Å². The lowest BCUT2D eigenvalue weighted by atomic mass is 10.1. The van der Waals surface area contributed by atoms with Crippen molar-refractivity contribution in [2.75, 3.05) is 54.1 Å². The maximum absolute atomic E-state index is 11.5. The summed E-state index contributed by atoms with van der Waals surface area (Å²) < 4.78 is 33.1. The smallest absolute Gasteiger partial charge is 0.338 e. The Kier molecular flexibility index (Phi) is 18.7.